The van der Waals surface area contributed by atoms with Gasteiger partial charge in [-0.3, -0.25) is 4.68 Å². The second-order valence-corrected chi connectivity index (χ2v) is 4.29. The van der Waals surface area contributed by atoms with Gasteiger partial charge in [0.25, 0.3) is 0 Å². The molecule has 0 aliphatic rings. The van der Waals surface area contributed by atoms with E-state index in [1.807, 2.05) is 7.05 Å². The Labute approximate surface area is 85.7 Å². The average molecular weight is 196 g/mol. The molecule has 0 saturated heterocycles. The number of aromatic nitrogens is 3. The van der Waals surface area contributed by atoms with Crippen molar-refractivity contribution in [2.24, 2.45) is 7.05 Å². The van der Waals surface area contributed by atoms with Crippen LogP contribution in [0.4, 0.5) is 0 Å². The molecule has 0 saturated carbocycles. The quantitative estimate of drug-likeness (QED) is 0.775. The molecule has 0 atom stereocenters. The van der Waals surface area contributed by atoms with E-state index >= 15 is 0 Å². The van der Waals surface area contributed by atoms with Crippen molar-refractivity contribution in [3.63, 3.8) is 0 Å². The SMILES string of the molecule is CCCC(C)(C)NCc1ncnn1C. The van der Waals surface area contributed by atoms with E-state index in [1.165, 1.54) is 12.8 Å². The van der Waals surface area contributed by atoms with Crippen LogP contribution >= 0.6 is 0 Å². The first-order valence-electron chi connectivity index (χ1n) is 5.13. The fraction of sp³-hybridized carbons (Fsp3) is 0.800. The van der Waals surface area contributed by atoms with Crippen LogP contribution in [0, 0.1) is 0 Å². The molecule has 1 aromatic heterocycles. The number of nitrogens with one attached hydrogen (secondary N) is 1. The molecule has 0 unspecified atom stereocenters. The van der Waals surface area contributed by atoms with Crippen LogP contribution in [0.3, 0.4) is 0 Å². The molecule has 0 aliphatic heterocycles. The maximum absolute atomic E-state index is 4.17. The van der Waals surface area contributed by atoms with E-state index in [0.717, 1.165) is 12.4 Å². The molecule has 80 valence electrons. The first kappa shape index (κ1) is 11.2. The Bertz CT molecular complexity index is 277. The van der Waals surface area contributed by atoms with E-state index in [0.29, 0.717) is 0 Å². The van der Waals surface area contributed by atoms with Crippen LogP contribution in [0.1, 0.15) is 39.4 Å². The van der Waals surface area contributed by atoms with E-state index < -0.39 is 0 Å². The van der Waals surface area contributed by atoms with Gasteiger partial charge in [-0.1, -0.05) is 13.3 Å². The summed E-state index contributed by atoms with van der Waals surface area (Å²) in [5.74, 6) is 0.981. The number of rotatable bonds is 5. The van der Waals surface area contributed by atoms with Crippen LogP contribution in [-0.2, 0) is 13.6 Å². The summed E-state index contributed by atoms with van der Waals surface area (Å²) in [5.41, 5.74) is 0.181. The second kappa shape index (κ2) is 4.55. The molecule has 4 nitrogen and oxygen atoms in total. The van der Waals surface area contributed by atoms with E-state index in [4.69, 9.17) is 0 Å². The van der Waals surface area contributed by atoms with Crippen LogP contribution in [-0.4, -0.2) is 20.3 Å². The van der Waals surface area contributed by atoms with E-state index in [1.54, 1.807) is 11.0 Å². The highest BCUT2D eigenvalue weighted by molar-refractivity contribution is 4.86. The molecular formula is C10H20N4. The van der Waals surface area contributed by atoms with Crippen molar-refractivity contribution in [3.05, 3.63) is 12.2 Å². The van der Waals surface area contributed by atoms with E-state index in [2.05, 4.69) is 36.2 Å². The van der Waals surface area contributed by atoms with Crippen molar-refractivity contribution >= 4 is 0 Å². The third kappa shape index (κ3) is 3.10. The van der Waals surface area contributed by atoms with Gasteiger partial charge >= 0.3 is 0 Å². The minimum atomic E-state index is 0.181. The predicted molar refractivity (Wildman–Crippen MR) is 56.8 cm³/mol. The van der Waals surface area contributed by atoms with Gasteiger partial charge in [-0.05, 0) is 20.3 Å². The highest BCUT2D eigenvalue weighted by Crippen LogP contribution is 2.11. The minimum absolute atomic E-state index is 0.181. The minimum Gasteiger partial charge on any atom is -0.305 e. The van der Waals surface area contributed by atoms with Gasteiger partial charge in [-0.2, -0.15) is 5.10 Å². The zero-order valence-electron chi connectivity index (χ0n) is 9.54. The van der Waals surface area contributed by atoms with Gasteiger partial charge in [0.2, 0.25) is 0 Å². The molecule has 1 N–H and O–H groups in total. The normalized spacial score (nSPS) is 12.0. The Morgan fingerprint density at radius 1 is 1.50 bits per heavy atom. The Balaban J connectivity index is 2.44. The van der Waals surface area contributed by atoms with E-state index in [-0.39, 0.29) is 5.54 Å². The predicted octanol–water partition coefficient (Wildman–Crippen LogP) is 1.48. The first-order valence-corrected chi connectivity index (χ1v) is 5.13. The molecule has 1 aromatic rings. The lowest BCUT2D eigenvalue weighted by Gasteiger charge is -2.25. The van der Waals surface area contributed by atoms with Gasteiger partial charge in [0.15, 0.2) is 0 Å². The van der Waals surface area contributed by atoms with Gasteiger partial charge in [-0.25, -0.2) is 4.98 Å². The summed E-state index contributed by atoms with van der Waals surface area (Å²) in [4.78, 5) is 4.17. The molecule has 0 fully saturated rings. The second-order valence-electron chi connectivity index (χ2n) is 4.29. The summed E-state index contributed by atoms with van der Waals surface area (Å²) in [7, 11) is 1.91. The molecule has 0 aliphatic carbocycles. The highest BCUT2D eigenvalue weighted by Gasteiger charge is 2.16. The van der Waals surface area contributed by atoms with E-state index in [9.17, 15) is 0 Å². The summed E-state index contributed by atoms with van der Waals surface area (Å²) in [6.45, 7) is 7.41. The van der Waals surface area contributed by atoms with Crippen LogP contribution in [0.25, 0.3) is 0 Å². The average Bonchev–Trinajstić information content (AvgIpc) is 2.48. The summed E-state index contributed by atoms with van der Waals surface area (Å²) in [6, 6.07) is 0. The molecule has 0 amide bonds. The molecule has 1 rings (SSSR count). The largest absolute Gasteiger partial charge is 0.305 e. The van der Waals surface area contributed by atoms with Gasteiger partial charge in [-0.15, -0.1) is 0 Å². The topological polar surface area (TPSA) is 42.7 Å². The summed E-state index contributed by atoms with van der Waals surface area (Å²) < 4.78 is 1.80. The standard InChI is InChI=1S/C10H20N4/c1-5-6-10(2,3)12-7-9-11-8-13-14(9)4/h8,12H,5-7H2,1-4H3. The Kier molecular flexibility index (Phi) is 3.63. The van der Waals surface area contributed by atoms with Gasteiger partial charge in [0, 0.05) is 12.6 Å². The maximum Gasteiger partial charge on any atom is 0.140 e. The summed E-state index contributed by atoms with van der Waals surface area (Å²) in [5, 5.41) is 7.51. The number of aryl methyl sites for hydroxylation is 1. The van der Waals surface area contributed by atoms with Crippen molar-refractivity contribution in [2.45, 2.75) is 45.7 Å². The fourth-order valence-corrected chi connectivity index (χ4v) is 1.51. The van der Waals surface area contributed by atoms with Gasteiger partial charge < -0.3 is 5.32 Å². The zero-order valence-corrected chi connectivity index (χ0v) is 9.54. The molecule has 1 heterocycles. The van der Waals surface area contributed by atoms with Crippen molar-refractivity contribution < 1.29 is 0 Å². The summed E-state index contributed by atoms with van der Waals surface area (Å²) >= 11 is 0. The third-order valence-corrected chi connectivity index (χ3v) is 2.41. The van der Waals surface area contributed by atoms with Crippen LogP contribution in [0.2, 0.25) is 0 Å². The Morgan fingerprint density at radius 3 is 2.71 bits per heavy atom. The highest BCUT2D eigenvalue weighted by atomic mass is 15.3. The lowest BCUT2D eigenvalue weighted by atomic mass is 9.99. The first-order chi connectivity index (χ1) is 6.55. The molecular weight excluding hydrogens is 176 g/mol. The zero-order chi connectivity index (χ0) is 10.6. The molecule has 0 spiro atoms. The van der Waals surface area contributed by atoms with Crippen molar-refractivity contribution in [2.75, 3.05) is 0 Å². The monoisotopic (exact) mass is 196 g/mol. The molecule has 0 radical (unpaired) electrons. The van der Waals surface area contributed by atoms with Crippen LogP contribution in [0.15, 0.2) is 6.33 Å². The third-order valence-electron chi connectivity index (χ3n) is 2.41. The smallest absolute Gasteiger partial charge is 0.140 e. The van der Waals surface area contributed by atoms with Crippen molar-refractivity contribution in [1.29, 1.82) is 0 Å². The number of hydrogen-bond acceptors (Lipinski definition) is 3. The number of nitrogens with zero attached hydrogens (tertiary/aromatic N) is 3. The summed E-state index contributed by atoms with van der Waals surface area (Å²) in [6.07, 6.45) is 3.95. The maximum atomic E-state index is 4.17. The fourth-order valence-electron chi connectivity index (χ4n) is 1.51. The van der Waals surface area contributed by atoms with Crippen molar-refractivity contribution in [1.82, 2.24) is 20.1 Å². The van der Waals surface area contributed by atoms with Gasteiger partial charge in [0.1, 0.15) is 12.2 Å². The Morgan fingerprint density at radius 2 is 2.21 bits per heavy atom. The number of hydrogen-bond donors (Lipinski definition) is 1. The molecule has 0 aromatic carbocycles. The lowest BCUT2D eigenvalue weighted by Crippen LogP contribution is -2.39. The Hall–Kier alpha value is -0.900. The molecule has 0 bridgehead atoms. The lowest BCUT2D eigenvalue weighted by molar-refractivity contribution is 0.350. The van der Waals surface area contributed by atoms with Crippen LogP contribution in [0.5, 0.6) is 0 Å². The van der Waals surface area contributed by atoms with Gasteiger partial charge in [0.05, 0.1) is 6.54 Å². The van der Waals surface area contributed by atoms with Crippen molar-refractivity contribution in [3.8, 4) is 0 Å². The van der Waals surface area contributed by atoms with Crippen LogP contribution < -0.4 is 5.32 Å². The molecule has 14 heavy (non-hydrogen) atoms. The molecule has 4 heteroatoms.